The second kappa shape index (κ2) is 7.57. The van der Waals surface area contributed by atoms with E-state index in [0.717, 1.165) is 25.3 Å². The molecule has 1 fully saturated rings. The smallest absolute Gasteiger partial charge is 0.331 e. The van der Waals surface area contributed by atoms with Gasteiger partial charge in [0.25, 0.3) is 0 Å². The van der Waals surface area contributed by atoms with Crippen LogP contribution in [-0.2, 0) is 16.1 Å². The maximum absolute atomic E-state index is 12.5. The highest BCUT2D eigenvalue weighted by Crippen LogP contribution is 2.29. The van der Waals surface area contributed by atoms with Crippen molar-refractivity contribution in [1.82, 2.24) is 4.90 Å². The minimum Gasteiger partial charge on any atom is -0.467 e. The number of hydrogen-bond acceptors (Lipinski definition) is 5. The number of hydrogen-bond donors (Lipinski definition) is 2. The van der Waals surface area contributed by atoms with Gasteiger partial charge in [-0.2, -0.15) is 0 Å². The molecule has 0 bridgehead atoms. The zero-order chi connectivity index (χ0) is 17.7. The number of esters is 1. The van der Waals surface area contributed by atoms with Crippen molar-refractivity contribution in [1.29, 1.82) is 0 Å². The molecule has 1 aliphatic heterocycles. The molecule has 0 atom stereocenters. The highest BCUT2D eigenvalue weighted by atomic mass is 16.5. The van der Waals surface area contributed by atoms with Gasteiger partial charge in [-0.3, -0.25) is 4.90 Å². The summed E-state index contributed by atoms with van der Waals surface area (Å²) in [5.41, 5.74) is 7.97. The molecule has 0 aromatic heterocycles. The van der Waals surface area contributed by atoms with Crippen LogP contribution >= 0.6 is 0 Å². The molecule has 0 spiro atoms. The van der Waals surface area contributed by atoms with E-state index in [0.29, 0.717) is 18.5 Å². The van der Waals surface area contributed by atoms with E-state index in [9.17, 15) is 4.79 Å². The molecule has 3 rings (SSSR count). The second-order valence-corrected chi connectivity index (χ2v) is 6.59. The van der Waals surface area contributed by atoms with E-state index in [1.165, 1.54) is 12.7 Å². The molecule has 1 aliphatic rings. The van der Waals surface area contributed by atoms with Gasteiger partial charge in [0, 0.05) is 31.0 Å². The van der Waals surface area contributed by atoms with Crippen LogP contribution in [-0.4, -0.2) is 36.6 Å². The van der Waals surface area contributed by atoms with Gasteiger partial charge in [0.2, 0.25) is 0 Å². The molecule has 5 nitrogen and oxygen atoms in total. The molecular formula is C20H25N3O2. The number of nitrogen functional groups attached to an aromatic ring is 1. The molecule has 0 unspecified atom stereocenters. The number of rotatable bonds is 5. The molecule has 5 heteroatoms. The molecule has 1 saturated heterocycles. The number of methoxy groups -OCH3 is 1. The lowest BCUT2D eigenvalue weighted by atomic mass is 9.86. The maximum atomic E-state index is 12.5. The summed E-state index contributed by atoms with van der Waals surface area (Å²) in [6.07, 6.45) is 1.39. The minimum atomic E-state index is -0.699. The third-order valence-corrected chi connectivity index (χ3v) is 4.80. The lowest BCUT2D eigenvalue weighted by Crippen LogP contribution is -2.54. The predicted molar refractivity (Wildman–Crippen MR) is 100 cm³/mol. The fourth-order valence-electron chi connectivity index (χ4n) is 3.40. The number of carbonyl (C=O) groups is 1. The Morgan fingerprint density at radius 1 is 1.16 bits per heavy atom. The summed E-state index contributed by atoms with van der Waals surface area (Å²) in [6.45, 7) is 2.56. The highest BCUT2D eigenvalue weighted by Gasteiger charge is 2.42. The average molecular weight is 339 g/mol. The van der Waals surface area contributed by atoms with Crippen LogP contribution in [0.1, 0.15) is 18.4 Å². The number of nitrogens with zero attached hydrogens (tertiary/aromatic N) is 1. The van der Waals surface area contributed by atoms with Crippen LogP contribution in [0.25, 0.3) is 0 Å². The van der Waals surface area contributed by atoms with Crippen molar-refractivity contribution in [2.75, 3.05) is 31.2 Å². The molecular weight excluding hydrogens is 314 g/mol. The Hall–Kier alpha value is -2.53. The van der Waals surface area contributed by atoms with E-state index in [-0.39, 0.29) is 5.97 Å². The highest BCUT2D eigenvalue weighted by molar-refractivity contribution is 5.85. The number of anilines is 2. The van der Waals surface area contributed by atoms with Gasteiger partial charge >= 0.3 is 5.97 Å². The fraction of sp³-hybridized carbons (Fsp3) is 0.350. The van der Waals surface area contributed by atoms with Gasteiger partial charge < -0.3 is 15.8 Å². The van der Waals surface area contributed by atoms with Crippen molar-refractivity contribution in [2.45, 2.75) is 24.9 Å². The number of ether oxygens (including phenoxy) is 1. The lowest BCUT2D eigenvalue weighted by molar-refractivity contribution is -0.147. The van der Waals surface area contributed by atoms with Gasteiger partial charge in [0.15, 0.2) is 0 Å². The summed E-state index contributed by atoms with van der Waals surface area (Å²) >= 11 is 0. The van der Waals surface area contributed by atoms with E-state index in [2.05, 4.69) is 34.5 Å². The van der Waals surface area contributed by atoms with Crippen LogP contribution in [0.15, 0.2) is 54.6 Å². The summed E-state index contributed by atoms with van der Waals surface area (Å²) in [6, 6.07) is 17.9. The first-order chi connectivity index (χ1) is 12.1. The van der Waals surface area contributed by atoms with Gasteiger partial charge in [0.05, 0.1) is 7.11 Å². The first-order valence-corrected chi connectivity index (χ1v) is 8.60. The molecule has 2 aromatic carbocycles. The van der Waals surface area contributed by atoms with Crippen LogP contribution in [0.4, 0.5) is 11.4 Å². The summed E-state index contributed by atoms with van der Waals surface area (Å²) in [5, 5.41) is 3.39. The van der Waals surface area contributed by atoms with Gasteiger partial charge in [-0.1, -0.05) is 36.4 Å². The number of piperidine rings is 1. The second-order valence-electron chi connectivity index (χ2n) is 6.59. The summed E-state index contributed by atoms with van der Waals surface area (Å²) in [5.74, 6) is -0.214. The monoisotopic (exact) mass is 339 g/mol. The summed E-state index contributed by atoms with van der Waals surface area (Å²) in [7, 11) is 1.45. The third-order valence-electron chi connectivity index (χ3n) is 4.80. The molecule has 0 radical (unpaired) electrons. The van der Waals surface area contributed by atoms with Gasteiger partial charge in [-0.05, 0) is 36.6 Å². The normalized spacial score (nSPS) is 17.0. The summed E-state index contributed by atoms with van der Waals surface area (Å²) < 4.78 is 5.10. The Labute approximate surface area is 148 Å². The minimum absolute atomic E-state index is 0.214. The molecule has 2 aromatic rings. The van der Waals surface area contributed by atoms with Crippen molar-refractivity contribution < 1.29 is 9.53 Å². The zero-order valence-corrected chi connectivity index (χ0v) is 14.6. The topological polar surface area (TPSA) is 67.6 Å². The largest absolute Gasteiger partial charge is 0.467 e. The van der Waals surface area contributed by atoms with Crippen molar-refractivity contribution >= 4 is 17.3 Å². The lowest BCUT2D eigenvalue weighted by Gasteiger charge is -2.40. The van der Waals surface area contributed by atoms with Crippen LogP contribution < -0.4 is 11.1 Å². The van der Waals surface area contributed by atoms with E-state index < -0.39 is 5.54 Å². The fourth-order valence-corrected chi connectivity index (χ4v) is 3.40. The maximum Gasteiger partial charge on any atom is 0.331 e. The van der Waals surface area contributed by atoms with E-state index in [1.54, 1.807) is 0 Å². The Kier molecular flexibility index (Phi) is 5.24. The average Bonchev–Trinajstić information content (AvgIpc) is 2.64. The van der Waals surface area contributed by atoms with Crippen LogP contribution in [0, 0.1) is 0 Å². The zero-order valence-electron chi connectivity index (χ0n) is 14.6. The summed E-state index contributed by atoms with van der Waals surface area (Å²) in [4.78, 5) is 14.9. The van der Waals surface area contributed by atoms with Gasteiger partial charge in [0.1, 0.15) is 5.54 Å². The number of carbonyl (C=O) groups excluding carboxylic acids is 1. The first kappa shape index (κ1) is 17.3. The van der Waals surface area contributed by atoms with Gasteiger partial charge in [-0.25, -0.2) is 4.79 Å². The van der Waals surface area contributed by atoms with Crippen molar-refractivity contribution in [3.8, 4) is 0 Å². The molecule has 0 amide bonds. The van der Waals surface area contributed by atoms with Gasteiger partial charge in [-0.15, -0.1) is 0 Å². The van der Waals surface area contributed by atoms with Crippen LogP contribution in [0.2, 0.25) is 0 Å². The van der Waals surface area contributed by atoms with Crippen LogP contribution in [0.5, 0.6) is 0 Å². The van der Waals surface area contributed by atoms with Crippen molar-refractivity contribution in [3.63, 3.8) is 0 Å². The Morgan fingerprint density at radius 2 is 1.88 bits per heavy atom. The van der Waals surface area contributed by atoms with Crippen molar-refractivity contribution in [2.24, 2.45) is 0 Å². The SMILES string of the molecule is COC(=O)C1(Nc2cccc(N)c2)CCN(Cc2ccccc2)CC1. The number of benzene rings is 2. The van der Waals surface area contributed by atoms with Crippen LogP contribution in [0.3, 0.4) is 0 Å². The standard InChI is InChI=1S/C20H25N3O2/c1-25-19(24)20(22-18-9-5-8-17(21)14-18)10-12-23(13-11-20)15-16-6-3-2-4-7-16/h2-9,14,22H,10-13,15,21H2,1H3. The Morgan fingerprint density at radius 3 is 2.52 bits per heavy atom. The van der Waals surface area contributed by atoms with Crippen molar-refractivity contribution in [3.05, 3.63) is 60.2 Å². The molecule has 1 heterocycles. The number of nitrogens with one attached hydrogen (secondary N) is 1. The quantitative estimate of drug-likeness (QED) is 0.648. The van der Waals surface area contributed by atoms with E-state index >= 15 is 0 Å². The third kappa shape index (κ3) is 4.12. The first-order valence-electron chi connectivity index (χ1n) is 8.60. The Balaban J connectivity index is 1.70. The predicted octanol–water partition coefficient (Wildman–Crippen LogP) is 2.89. The Bertz CT molecular complexity index is 710. The van der Waals surface area contributed by atoms with E-state index in [4.69, 9.17) is 10.5 Å². The van der Waals surface area contributed by atoms with E-state index in [1.807, 2.05) is 30.3 Å². The number of nitrogens with two attached hydrogens (primary N) is 1. The molecule has 0 saturated carbocycles. The molecule has 132 valence electrons. The molecule has 0 aliphatic carbocycles. The molecule has 3 N–H and O–H groups in total. The number of likely N-dealkylation sites (tertiary alicyclic amines) is 1. The molecule has 25 heavy (non-hydrogen) atoms.